The Morgan fingerprint density at radius 2 is 2.10 bits per heavy atom. The molecular formula is C15H23N3O2. The second-order valence-corrected chi connectivity index (χ2v) is 5.77. The van der Waals surface area contributed by atoms with Gasteiger partial charge in [0.2, 0.25) is 11.8 Å². The highest BCUT2D eigenvalue weighted by molar-refractivity contribution is 5.89. The van der Waals surface area contributed by atoms with E-state index in [-0.39, 0.29) is 36.4 Å². The Labute approximate surface area is 120 Å². The van der Waals surface area contributed by atoms with Gasteiger partial charge in [-0.3, -0.25) is 9.59 Å². The lowest BCUT2D eigenvalue weighted by Gasteiger charge is -2.27. The van der Waals surface area contributed by atoms with E-state index < -0.39 is 0 Å². The monoisotopic (exact) mass is 277 g/mol. The highest BCUT2D eigenvalue weighted by atomic mass is 16.2. The molecule has 0 aromatic rings. The van der Waals surface area contributed by atoms with Crippen molar-refractivity contribution in [3.05, 3.63) is 0 Å². The van der Waals surface area contributed by atoms with Crippen LogP contribution in [0.5, 0.6) is 0 Å². The lowest BCUT2D eigenvalue weighted by atomic mass is 10.1. The Kier molecular flexibility index (Phi) is 4.64. The van der Waals surface area contributed by atoms with Crippen molar-refractivity contribution in [2.45, 2.75) is 58.0 Å². The highest BCUT2D eigenvalue weighted by Gasteiger charge is 2.42. The molecule has 2 amide bonds. The van der Waals surface area contributed by atoms with E-state index in [0.29, 0.717) is 13.0 Å². The van der Waals surface area contributed by atoms with Gasteiger partial charge in [-0.05, 0) is 25.7 Å². The topological polar surface area (TPSA) is 64.4 Å². The quantitative estimate of drug-likeness (QED) is 0.692. The fourth-order valence-electron chi connectivity index (χ4n) is 3.06. The zero-order valence-corrected chi connectivity index (χ0v) is 12.3. The van der Waals surface area contributed by atoms with Crippen molar-refractivity contribution in [2.75, 3.05) is 13.1 Å². The fraction of sp³-hybridized carbons (Fsp3) is 0.800. The molecule has 0 radical (unpaired) electrons. The van der Waals surface area contributed by atoms with Gasteiger partial charge < -0.3 is 9.80 Å². The second kappa shape index (κ2) is 6.25. The maximum absolute atomic E-state index is 12.5. The van der Waals surface area contributed by atoms with E-state index >= 15 is 0 Å². The maximum Gasteiger partial charge on any atom is 0.229 e. The van der Waals surface area contributed by atoms with Crippen molar-refractivity contribution in [2.24, 2.45) is 5.92 Å². The normalized spacial score (nSPS) is 22.2. The number of hydrogen-bond acceptors (Lipinski definition) is 3. The van der Waals surface area contributed by atoms with Crippen LogP contribution in [0.2, 0.25) is 0 Å². The molecular weight excluding hydrogens is 254 g/mol. The van der Waals surface area contributed by atoms with Crippen LogP contribution < -0.4 is 0 Å². The summed E-state index contributed by atoms with van der Waals surface area (Å²) < 4.78 is 0. The van der Waals surface area contributed by atoms with Gasteiger partial charge in [0.25, 0.3) is 0 Å². The molecule has 2 rings (SSSR count). The summed E-state index contributed by atoms with van der Waals surface area (Å²) >= 11 is 0. The summed E-state index contributed by atoms with van der Waals surface area (Å²) in [6, 6.07) is 2.54. The minimum Gasteiger partial charge on any atom is -0.339 e. The Balaban J connectivity index is 2.01. The molecule has 1 saturated carbocycles. The first-order chi connectivity index (χ1) is 9.62. The number of likely N-dealkylation sites (tertiary alicyclic amines) is 1. The molecule has 0 N–H and O–H groups in total. The van der Waals surface area contributed by atoms with Crippen molar-refractivity contribution < 1.29 is 9.59 Å². The van der Waals surface area contributed by atoms with Gasteiger partial charge in [0, 0.05) is 25.0 Å². The summed E-state index contributed by atoms with van der Waals surface area (Å²) in [4.78, 5) is 28.1. The van der Waals surface area contributed by atoms with E-state index in [1.165, 1.54) is 0 Å². The third-order valence-electron chi connectivity index (χ3n) is 4.40. The van der Waals surface area contributed by atoms with Crippen molar-refractivity contribution >= 4 is 11.8 Å². The van der Waals surface area contributed by atoms with E-state index in [1.807, 2.05) is 4.90 Å². The molecule has 0 aromatic heterocycles. The van der Waals surface area contributed by atoms with Gasteiger partial charge in [-0.1, -0.05) is 13.8 Å². The minimum atomic E-state index is -0.253. The standard InChI is InChI=1S/C15H23N3O2/c1-3-12(4-2)18-10-11(9-14(18)19)15(20)17(8-7-16)13-5-6-13/h11-13H,3-6,8-10H2,1-2H3. The summed E-state index contributed by atoms with van der Waals surface area (Å²) in [5, 5.41) is 8.85. The smallest absolute Gasteiger partial charge is 0.229 e. The Bertz CT molecular complexity index is 421. The summed E-state index contributed by atoms with van der Waals surface area (Å²) in [6.45, 7) is 4.82. The van der Waals surface area contributed by atoms with E-state index in [9.17, 15) is 9.59 Å². The first-order valence-electron chi connectivity index (χ1n) is 7.59. The van der Waals surface area contributed by atoms with Gasteiger partial charge in [0.15, 0.2) is 0 Å². The third kappa shape index (κ3) is 2.95. The highest BCUT2D eigenvalue weighted by Crippen LogP contribution is 2.31. The lowest BCUT2D eigenvalue weighted by molar-refractivity contribution is -0.135. The number of amides is 2. The molecule has 0 spiro atoms. The molecule has 2 fully saturated rings. The molecule has 20 heavy (non-hydrogen) atoms. The first kappa shape index (κ1) is 14.8. The predicted octanol–water partition coefficient (Wildman–Crippen LogP) is 1.54. The summed E-state index contributed by atoms with van der Waals surface area (Å²) in [5.41, 5.74) is 0. The Morgan fingerprint density at radius 1 is 1.45 bits per heavy atom. The van der Waals surface area contributed by atoms with E-state index in [0.717, 1.165) is 25.7 Å². The van der Waals surface area contributed by atoms with E-state index in [4.69, 9.17) is 5.26 Å². The molecule has 1 saturated heterocycles. The SMILES string of the molecule is CCC(CC)N1CC(C(=O)N(CC#N)C2CC2)CC1=O. The van der Waals surface area contributed by atoms with Crippen molar-refractivity contribution in [1.29, 1.82) is 5.26 Å². The summed E-state index contributed by atoms with van der Waals surface area (Å²) in [7, 11) is 0. The molecule has 110 valence electrons. The summed E-state index contributed by atoms with van der Waals surface area (Å²) in [5.74, 6) is -0.169. The van der Waals surface area contributed by atoms with Gasteiger partial charge >= 0.3 is 0 Å². The second-order valence-electron chi connectivity index (χ2n) is 5.77. The molecule has 1 unspecified atom stereocenters. The number of rotatable bonds is 6. The van der Waals surface area contributed by atoms with Crippen LogP contribution in [0.4, 0.5) is 0 Å². The molecule has 1 aliphatic carbocycles. The van der Waals surface area contributed by atoms with Gasteiger partial charge in [-0.25, -0.2) is 0 Å². The fourth-order valence-corrected chi connectivity index (χ4v) is 3.06. The molecule has 5 nitrogen and oxygen atoms in total. The lowest BCUT2D eigenvalue weighted by Crippen LogP contribution is -2.40. The van der Waals surface area contributed by atoms with Crippen molar-refractivity contribution in [3.8, 4) is 6.07 Å². The predicted molar refractivity (Wildman–Crippen MR) is 74.5 cm³/mol. The van der Waals surface area contributed by atoms with E-state index in [1.54, 1.807) is 4.90 Å². The van der Waals surface area contributed by atoms with Crippen LogP contribution in [0.15, 0.2) is 0 Å². The molecule has 0 aromatic carbocycles. The zero-order valence-electron chi connectivity index (χ0n) is 12.3. The average molecular weight is 277 g/mol. The Morgan fingerprint density at radius 3 is 2.60 bits per heavy atom. The van der Waals surface area contributed by atoms with Crippen molar-refractivity contribution in [3.63, 3.8) is 0 Å². The van der Waals surface area contributed by atoms with Gasteiger partial charge in [-0.15, -0.1) is 0 Å². The first-order valence-corrected chi connectivity index (χ1v) is 7.59. The third-order valence-corrected chi connectivity index (χ3v) is 4.40. The van der Waals surface area contributed by atoms with Gasteiger partial charge in [0.05, 0.1) is 12.0 Å². The molecule has 1 aliphatic heterocycles. The van der Waals surface area contributed by atoms with Crippen LogP contribution in [-0.2, 0) is 9.59 Å². The van der Waals surface area contributed by atoms with Crippen LogP contribution >= 0.6 is 0 Å². The minimum absolute atomic E-state index is 0.00384. The summed E-state index contributed by atoms with van der Waals surface area (Å²) in [6.07, 6.45) is 4.14. The van der Waals surface area contributed by atoms with Crippen LogP contribution in [0.3, 0.4) is 0 Å². The number of nitriles is 1. The van der Waals surface area contributed by atoms with Crippen molar-refractivity contribution in [1.82, 2.24) is 9.80 Å². The molecule has 2 aliphatic rings. The molecule has 0 bridgehead atoms. The molecule has 1 heterocycles. The molecule has 5 heteroatoms. The number of carbonyl (C=O) groups excluding carboxylic acids is 2. The maximum atomic E-state index is 12.5. The number of nitrogens with zero attached hydrogens (tertiary/aromatic N) is 3. The van der Waals surface area contributed by atoms with E-state index in [2.05, 4.69) is 19.9 Å². The number of carbonyl (C=O) groups is 2. The van der Waals surface area contributed by atoms with Crippen LogP contribution in [0.1, 0.15) is 46.0 Å². The molecule has 1 atom stereocenters. The van der Waals surface area contributed by atoms with Gasteiger partial charge in [0.1, 0.15) is 6.54 Å². The van der Waals surface area contributed by atoms with Crippen LogP contribution in [-0.4, -0.2) is 46.8 Å². The van der Waals surface area contributed by atoms with Crippen LogP contribution in [0, 0.1) is 17.2 Å². The Hall–Kier alpha value is -1.57. The zero-order chi connectivity index (χ0) is 14.7. The average Bonchev–Trinajstić information content (AvgIpc) is 3.21. The van der Waals surface area contributed by atoms with Crippen LogP contribution in [0.25, 0.3) is 0 Å². The number of hydrogen-bond donors (Lipinski definition) is 0. The largest absolute Gasteiger partial charge is 0.339 e. The van der Waals surface area contributed by atoms with Gasteiger partial charge in [-0.2, -0.15) is 5.26 Å².